The van der Waals surface area contributed by atoms with Crippen LogP contribution in [0.15, 0.2) is 95.8 Å². The molecule has 0 aliphatic heterocycles. The molecule has 290 valence electrons. The largest absolute Gasteiger partial charge is 0.505 e. The molecule has 54 heavy (non-hydrogen) atoms. The second kappa shape index (κ2) is 15.9. The Labute approximate surface area is 306 Å². The maximum atomic E-state index is 12.6. The van der Waals surface area contributed by atoms with Crippen LogP contribution in [0.5, 0.6) is 5.75 Å². The van der Waals surface area contributed by atoms with Crippen molar-refractivity contribution in [3.8, 4) is 5.75 Å². The van der Waals surface area contributed by atoms with E-state index in [2.05, 4.69) is 28.8 Å². The van der Waals surface area contributed by atoms with E-state index < -0.39 is 96.5 Å². The van der Waals surface area contributed by atoms with Gasteiger partial charge in [-0.1, -0.05) is 6.07 Å². The lowest BCUT2D eigenvalue weighted by atomic mass is 10.0. The number of anilines is 1. The molecule has 0 bridgehead atoms. The van der Waals surface area contributed by atoms with Crippen LogP contribution < -0.4 is 5.73 Å². The number of rotatable bonds is 16. The first-order chi connectivity index (χ1) is 24.9. The lowest BCUT2D eigenvalue weighted by Gasteiger charge is -2.11. The van der Waals surface area contributed by atoms with E-state index in [-0.39, 0.29) is 44.0 Å². The number of carbonyl (C=O) groups excluding carboxylic acids is 1. The quantitative estimate of drug-likeness (QED) is 0.0467. The number of hydrogen-bond donors (Lipinski definition) is 5. The highest BCUT2D eigenvalue weighted by atomic mass is 32.3. The van der Waals surface area contributed by atoms with Crippen molar-refractivity contribution in [2.75, 3.05) is 30.5 Å². The van der Waals surface area contributed by atoms with Crippen molar-refractivity contribution in [3.63, 3.8) is 0 Å². The first kappa shape index (κ1) is 41.9. The Bertz CT molecular complexity index is 2760. The maximum absolute atomic E-state index is 12.6. The van der Waals surface area contributed by atoms with Crippen LogP contribution in [0.3, 0.4) is 0 Å². The minimum Gasteiger partial charge on any atom is -0.505 e. The van der Waals surface area contributed by atoms with Crippen LogP contribution in [0, 0.1) is 0 Å². The van der Waals surface area contributed by atoms with E-state index >= 15 is 0 Å². The number of nitrogens with zero attached hydrogens (tertiary/aromatic N) is 4. The van der Waals surface area contributed by atoms with Gasteiger partial charge in [0, 0.05) is 5.56 Å². The predicted molar refractivity (Wildman–Crippen MR) is 186 cm³/mol. The van der Waals surface area contributed by atoms with E-state index in [4.69, 9.17) is 14.8 Å². The molecule has 4 rings (SSSR count). The van der Waals surface area contributed by atoms with E-state index in [1.54, 1.807) is 0 Å². The van der Waals surface area contributed by atoms with Gasteiger partial charge in [0.1, 0.15) is 22.0 Å². The molecule has 0 fully saturated rings. The fraction of sp³-hybridized carbons (Fsp3) is 0.148. The molecule has 22 nitrogen and oxygen atoms in total. The van der Waals surface area contributed by atoms with E-state index in [1.165, 1.54) is 24.3 Å². The van der Waals surface area contributed by atoms with Gasteiger partial charge in [-0.2, -0.15) is 30.4 Å². The van der Waals surface area contributed by atoms with Gasteiger partial charge in [-0.3, -0.25) is 18.5 Å². The molecule has 0 spiro atoms. The third kappa shape index (κ3) is 10.6. The third-order valence-corrected chi connectivity index (χ3v) is 12.1. The Morgan fingerprint density at radius 3 is 1.67 bits per heavy atom. The Hall–Kier alpha value is -4.84. The number of azo groups is 2. The highest BCUT2D eigenvalue weighted by Gasteiger charge is 2.24. The first-order valence-electron chi connectivity index (χ1n) is 14.2. The molecule has 0 aliphatic rings. The average molecular weight is 852 g/mol. The Morgan fingerprint density at radius 1 is 0.630 bits per heavy atom. The van der Waals surface area contributed by atoms with Gasteiger partial charge in [-0.25, -0.2) is 25.2 Å². The standard InChI is InChI=1S/C27H25N5O17S5/c28-26-23(32-30-21-7-5-19(14-24(21)52(39,40)41)51(37,38)12-10-49-54(45,46)47)13-16(15-33)20-6-8-22(27(34)25(20)26)31-29-17-1-3-18(4-2-17)50(35,36)11-9-48-53(42,43)44/h1-8,13-15,34H,9-12,28H2,(H,39,40,41)(H,42,43,44)(H,45,46,47). The van der Waals surface area contributed by atoms with Gasteiger partial charge in [0.15, 0.2) is 31.7 Å². The molecule has 6 N–H and O–H groups in total. The number of hydrogen-bond acceptors (Lipinski definition) is 19. The van der Waals surface area contributed by atoms with Crippen molar-refractivity contribution < 1.29 is 74.0 Å². The monoisotopic (exact) mass is 851 g/mol. The van der Waals surface area contributed by atoms with Crippen molar-refractivity contribution in [2.45, 2.75) is 14.7 Å². The molecule has 0 amide bonds. The Balaban J connectivity index is 1.67. The molecule has 0 aliphatic carbocycles. The van der Waals surface area contributed by atoms with Gasteiger partial charge < -0.3 is 10.8 Å². The van der Waals surface area contributed by atoms with Gasteiger partial charge in [-0.05, 0) is 60.0 Å². The van der Waals surface area contributed by atoms with Gasteiger partial charge in [0.05, 0.1) is 51.3 Å². The molecule has 0 atom stereocenters. The number of aldehydes is 1. The van der Waals surface area contributed by atoms with Gasteiger partial charge in [-0.15, -0.1) is 15.3 Å². The zero-order chi connectivity index (χ0) is 40.3. The van der Waals surface area contributed by atoms with Crippen LogP contribution in [-0.2, 0) is 59.0 Å². The van der Waals surface area contributed by atoms with Gasteiger partial charge in [0.2, 0.25) is 0 Å². The van der Waals surface area contributed by atoms with Crippen LogP contribution in [0.4, 0.5) is 28.4 Å². The van der Waals surface area contributed by atoms with Crippen molar-refractivity contribution in [3.05, 3.63) is 66.2 Å². The zero-order valence-electron chi connectivity index (χ0n) is 26.7. The normalized spacial score (nSPS) is 13.2. The lowest BCUT2D eigenvalue weighted by molar-refractivity contribution is 0.112. The molecule has 27 heteroatoms. The van der Waals surface area contributed by atoms with E-state index in [9.17, 15) is 56.5 Å². The summed E-state index contributed by atoms with van der Waals surface area (Å²) in [6, 6.07) is 10.7. The SMILES string of the molecule is Nc1c(N=Nc2ccc(S(=O)(=O)CCOS(=O)(=O)O)cc2S(=O)(=O)O)cc(C=O)c2ccc(N=Nc3ccc(S(=O)(=O)CCOS(=O)(=O)O)cc3)c(O)c12. The minimum atomic E-state index is -5.18. The number of nitrogens with two attached hydrogens (primary N) is 1. The van der Waals surface area contributed by atoms with Crippen LogP contribution in [0.1, 0.15) is 10.4 Å². The molecular formula is C27H25N5O17S5. The molecule has 0 saturated carbocycles. The molecular weight excluding hydrogens is 827 g/mol. The summed E-state index contributed by atoms with van der Waals surface area (Å²) in [5.74, 6) is -2.41. The average Bonchev–Trinajstić information content (AvgIpc) is 3.06. The first-order valence-corrected chi connectivity index (χ1v) is 21.7. The number of aromatic hydroxyl groups is 1. The number of carbonyl (C=O) groups is 1. The molecule has 0 saturated heterocycles. The summed E-state index contributed by atoms with van der Waals surface area (Å²) in [5, 5.41) is 26.5. The van der Waals surface area contributed by atoms with Crippen LogP contribution in [-0.4, -0.2) is 91.9 Å². The Morgan fingerprint density at radius 2 is 1.13 bits per heavy atom. The molecule has 4 aromatic rings. The Kier molecular flexibility index (Phi) is 12.3. The number of phenolic OH excluding ortho intramolecular Hbond substituents is 1. The second-order valence-electron chi connectivity index (χ2n) is 10.5. The summed E-state index contributed by atoms with van der Waals surface area (Å²) in [5.41, 5.74) is 4.81. The smallest absolute Gasteiger partial charge is 0.397 e. The van der Waals surface area contributed by atoms with Crippen molar-refractivity contribution in [2.24, 2.45) is 20.5 Å². The summed E-state index contributed by atoms with van der Waals surface area (Å²) in [4.78, 5) is 9.96. The second-order valence-corrected chi connectivity index (χ2v) is 18.3. The summed E-state index contributed by atoms with van der Waals surface area (Å²) in [6.45, 7) is -1.86. The molecule has 0 heterocycles. The number of fused-ring (bicyclic) bond motifs is 1. The predicted octanol–water partition coefficient (Wildman–Crippen LogP) is 3.20. The number of phenols is 1. The summed E-state index contributed by atoms with van der Waals surface area (Å²) >= 11 is 0. The third-order valence-electron chi connectivity index (χ3n) is 6.90. The summed E-state index contributed by atoms with van der Waals surface area (Å²) in [6.07, 6.45) is 0.376. The molecule has 0 aromatic heterocycles. The van der Waals surface area contributed by atoms with Crippen molar-refractivity contribution >= 4 is 96.1 Å². The van der Waals surface area contributed by atoms with E-state index in [0.717, 1.165) is 30.3 Å². The fourth-order valence-corrected chi connectivity index (χ4v) is 8.16. The summed E-state index contributed by atoms with van der Waals surface area (Å²) < 4.78 is 152. The molecule has 0 radical (unpaired) electrons. The number of benzene rings is 4. The maximum Gasteiger partial charge on any atom is 0.397 e. The summed E-state index contributed by atoms with van der Waals surface area (Å²) in [7, 11) is -23.5. The van der Waals surface area contributed by atoms with Gasteiger partial charge in [0.25, 0.3) is 10.1 Å². The topological polar surface area (TPSA) is 363 Å². The molecule has 0 unspecified atom stereocenters. The van der Waals surface area contributed by atoms with Crippen LogP contribution >= 0.6 is 0 Å². The zero-order valence-corrected chi connectivity index (χ0v) is 30.8. The van der Waals surface area contributed by atoms with Crippen molar-refractivity contribution in [1.29, 1.82) is 0 Å². The van der Waals surface area contributed by atoms with Crippen LogP contribution in [0.2, 0.25) is 0 Å². The highest BCUT2D eigenvalue weighted by Crippen LogP contribution is 2.44. The van der Waals surface area contributed by atoms with Crippen LogP contribution in [0.25, 0.3) is 10.8 Å². The molecule has 4 aromatic carbocycles. The fourth-order valence-electron chi connectivity index (χ4n) is 4.44. The number of nitrogen functional groups attached to an aromatic ring is 1. The minimum absolute atomic E-state index is 0.0886. The highest BCUT2D eigenvalue weighted by molar-refractivity contribution is 7.92. The van der Waals surface area contributed by atoms with E-state index in [0.29, 0.717) is 12.4 Å². The lowest BCUT2D eigenvalue weighted by Crippen LogP contribution is -2.16. The van der Waals surface area contributed by atoms with Crippen molar-refractivity contribution in [1.82, 2.24) is 0 Å². The number of sulfone groups is 2. The van der Waals surface area contributed by atoms with Gasteiger partial charge >= 0.3 is 20.8 Å². The van der Waals surface area contributed by atoms with E-state index in [1.807, 2.05) is 0 Å².